The van der Waals surface area contributed by atoms with E-state index >= 15 is 0 Å². The molecular weight excluding hydrogens is 512 g/mol. The summed E-state index contributed by atoms with van der Waals surface area (Å²) < 4.78 is 18.1. The number of aromatic nitrogens is 1. The standard InChI is InChI=1S/C31H26N2O5S/c1-36-22-10-6-9-21(17-22)29-25-14-13-20-8-3-4-12-24(20)28(25)32-31-33(29)30(35)26(39-31)16-19-7-5-11-23(15-19)38-18-27(34)37-2/h3-12,15-17,29H,13-14,18H2,1-2H3. The number of hydrogen-bond donors (Lipinski definition) is 0. The monoisotopic (exact) mass is 538 g/mol. The maximum Gasteiger partial charge on any atom is 0.343 e. The van der Waals surface area contributed by atoms with Crippen molar-refractivity contribution in [3.05, 3.63) is 120 Å². The molecule has 0 amide bonds. The first kappa shape index (κ1) is 24.9. The Balaban J connectivity index is 1.50. The molecule has 0 spiro atoms. The zero-order valence-corrected chi connectivity index (χ0v) is 22.4. The van der Waals surface area contributed by atoms with Gasteiger partial charge in [0.2, 0.25) is 0 Å². The number of carbonyl (C=O) groups excluding carboxylic acids is 1. The quantitative estimate of drug-likeness (QED) is 0.348. The summed E-state index contributed by atoms with van der Waals surface area (Å²) in [5, 5.41) is 0. The van der Waals surface area contributed by atoms with Crippen LogP contribution in [0.5, 0.6) is 11.5 Å². The molecule has 39 heavy (non-hydrogen) atoms. The fraction of sp³-hybridized carbons (Fsp3) is 0.194. The van der Waals surface area contributed by atoms with Crippen molar-refractivity contribution in [1.29, 1.82) is 0 Å². The summed E-state index contributed by atoms with van der Waals surface area (Å²) in [5.41, 5.74) is 6.16. The Bertz CT molecular complexity index is 1800. The molecule has 1 aliphatic carbocycles. The van der Waals surface area contributed by atoms with E-state index in [0.717, 1.165) is 46.6 Å². The number of carbonyl (C=O) groups is 1. The average Bonchev–Trinajstić information content (AvgIpc) is 3.28. The Hall–Kier alpha value is -4.43. The Morgan fingerprint density at radius 2 is 1.85 bits per heavy atom. The number of ether oxygens (including phenoxy) is 3. The van der Waals surface area contributed by atoms with E-state index in [1.54, 1.807) is 19.2 Å². The molecule has 7 nitrogen and oxygen atoms in total. The van der Waals surface area contributed by atoms with Crippen LogP contribution in [0.1, 0.15) is 34.7 Å². The number of thiazole rings is 1. The second-order valence-electron chi connectivity index (χ2n) is 9.33. The Kier molecular flexibility index (Phi) is 6.62. The van der Waals surface area contributed by atoms with Gasteiger partial charge in [-0.05, 0) is 65.4 Å². The summed E-state index contributed by atoms with van der Waals surface area (Å²) in [7, 11) is 2.96. The lowest BCUT2D eigenvalue weighted by Gasteiger charge is -2.31. The van der Waals surface area contributed by atoms with Gasteiger partial charge in [-0.15, -0.1) is 0 Å². The molecule has 0 bridgehead atoms. The number of aryl methyl sites for hydroxylation is 1. The highest BCUT2D eigenvalue weighted by Crippen LogP contribution is 2.41. The molecule has 0 saturated carbocycles. The highest BCUT2D eigenvalue weighted by atomic mass is 32.1. The molecule has 2 aliphatic rings. The smallest absolute Gasteiger partial charge is 0.343 e. The number of nitrogens with zero attached hydrogens (tertiary/aromatic N) is 2. The topological polar surface area (TPSA) is 79.1 Å². The molecule has 196 valence electrons. The van der Waals surface area contributed by atoms with E-state index < -0.39 is 5.97 Å². The molecule has 1 atom stereocenters. The van der Waals surface area contributed by atoms with E-state index in [0.29, 0.717) is 15.1 Å². The summed E-state index contributed by atoms with van der Waals surface area (Å²) in [6.07, 6.45) is 3.56. The second-order valence-corrected chi connectivity index (χ2v) is 10.3. The number of rotatable bonds is 6. The van der Waals surface area contributed by atoms with Crippen LogP contribution in [-0.2, 0) is 16.0 Å². The van der Waals surface area contributed by atoms with Crippen LogP contribution in [-0.4, -0.2) is 31.4 Å². The van der Waals surface area contributed by atoms with E-state index in [2.05, 4.69) is 22.9 Å². The first-order chi connectivity index (χ1) is 19.1. The molecule has 0 radical (unpaired) electrons. The second kappa shape index (κ2) is 10.4. The lowest BCUT2D eigenvalue weighted by Crippen LogP contribution is -2.38. The number of esters is 1. The van der Waals surface area contributed by atoms with Crippen LogP contribution in [0.15, 0.2) is 88.2 Å². The molecule has 4 aromatic rings. The number of fused-ring (bicyclic) bond motifs is 3. The molecule has 1 unspecified atom stereocenters. The minimum absolute atomic E-state index is 0.0992. The summed E-state index contributed by atoms with van der Waals surface area (Å²) in [5.74, 6) is 0.800. The third-order valence-corrected chi connectivity index (χ3v) is 8.01. The van der Waals surface area contributed by atoms with Gasteiger partial charge in [0, 0.05) is 5.56 Å². The van der Waals surface area contributed by atoms with Gasteiger partial charge in [-0.25, -0.2) is 9.79 Å². The number of allylic oxidation sites excluding steroid dienone is 1. The van der Waals surface area contributed by atoms with Gasteiger partial charge < -0.3 is 14.2 Å². The third-order valence-electron chi connectivity index (χ3n) is 7.02. The molecule has 1 aliphatic heterocycles. The van der Waals surface area contributed by atoms with Crippen molar-refractivity contribution < 1.29 is 19.0 Å². The molecule has 0 saturated heterocycles. The zero-order valence-electron chi connectivity index (χ0n) is 21.5. The van der Waals surface area contributed by atoms with Crippen molar-refractivity contribution in [2.24, 2.45) is 4.99 Å². The SMILES string of the molecule is COC(=O)COc1cccc(C=c2sc3n(c2=O)C(c2cccc(OC)c2)C2=C(N=3)c3ccccc3CC2)c1. The maximum absolute atomic E-state index is 14.0. The van der Waals surface area contributed by atoms with Crippen molar-refractivity contribution in [3.8, 4) is 11.5 Å². The Morgan fingerprint density at radius 1 is 1.03 bits per heavy atom. The fourth-order valence-electron chi connectivity index (χ4n) is 5.18. The van der Waals surface area contributed by atoms with Crippen LogP contribution in [0.3, 0.4) is 0 Å². The van der Waals surface area contributed by atoms with E-state index in [1.807, 2.05) is 53.1 Å². The predicted octanol–water partition coefficient (Wildman–Crippen LogP) is 3.88. The number of benzene rings is 3. The van der Waals surface area contributed by atoms with Crippen molar-refractivity contribution in [2.75, 3.05) is 20.8 Å². The molecule has 2 heterocycles. The Morgan fingerprint density at radius 3 is 2.69 bits per heavy atom. The minimum Gasteiger partial charge on any atom is -0.497 e. The van der Waals surface area contributed by atoms with E-state index in [-0.39, 0.29) is 18.2 Å². The van der Waals surface area contributed by atoms with Crippen molar-refractivity contribution in [3.63, 3.8) is 0 Å². The molecule has 8 heteroatoms. The first-order valence-corrected chi connectivity index (χ1v) is 13.4. The van der Waals surface area contributed by atoms with Gasteiger partial charge in [-0.3, -0.25) is 9.36 Å². The van der Waals surface area contributed by atoms with Crippen LogP contribution >= 0.6 is 11.3 Å². The van der Waals surface area contributed by atoms with Gasteiger partial charge in [0.15, 0.2) is 11.4 Å². The normalized spacial score (nSPS) is 16.1. The third kappa shape index (κ3) is 4.68. The molecule has 6 rings (SSSR count). The molecule has 0 N–H and O–H groups in total. The van der Waals surface area contributed by atoms with Gasteiger partial charge >= 0.3 is 5.97 Å². The molecular formula is C31H26N2O5S. The largest absolute Gasteiger partial charge is 0.497 e. The lowest BCUT2D eigenvalue weighted by molar-refractivity contribution is -0.142. The van der Waals surface area contributed by atoms with Gasteiger partial charge in [-0.2, -0.15) is 0 Å². The van der Waals surface area contributed by atoms with Crippen LogP contribution in [0.4, 0.5) is 0 Å². The minimum atomic E-state index is -0.461. The van der Waals surface area contributed by atoms with Crippen molar-refractivity contribution in [1.82, 2.24) is 4.57 Å². The van der Waals surface area contributed by atoms with E-state index in [1.165, 1.54) is 24.0 Å². The highest BCUT2D eigenvalue weighted by Gasteiger charge is 2.32. The molecule has 1 aromatic heterocycles. The predicted molar refractivity (Wildman–Crippen MR) is 150 cm³/mol. The maximum atomic E-state index is 14.0. The fourth-order valence-corrected chi connectivity index (χ4v) is 6.18. The zero-order chi connectivity index (χ0) is 26.9. The Labute approximate surface area is 228 Å². The summed E-state index contributed by atoms with van der Waals surface area (Å²) >= 11 is 1.37. The van der Waals surface area contributed by atoms with Crippen LogP contribution in [0.25, 0.3) is 11.8 Å². The van der Waals surface area contributed by atoms with Gasteiger partial charge in [0.25, 0.3) is 5.56 Å². The van der Waals surface area contributed by atoms with Gasteiger partial charge in [0.05, 0.1) is 30.5 Å². The van der Waals surface area contributed by atoms with Crippen LogP contribution in [0, 0.1) is 0 Å². The summed E-state index contributed by atoms with van der Waals surface area (Å²) in [6, 6.07) is 23.3. The molecule has 3 aromatic carbocycles. The summed E-state index contributed by atoms with van der Waals surface area (Å²) in [4.78, 5) is 31.1. The number of hydrogen-bond acceptors (Lipinski definition) is 7. The van der Waals surface area contributed by atoms with E-state index in [4.69, 9.17) is 14.5 Å². The van der Waals surface area contributed by atoms with Crippen LogP contribution in [0.2, 0.25) is 0 Å². The highest BCUT2D eigenvalue weighted by molar-refractivity contribution is 7.07. The first-order valence-electron chi connectivity index (χ1n) is 12.6. The van der Waals surface area contributed by atoms with E-state index in [9.17, 15) is 9.59 Å². The van der Waals surface area contributed by atoms with Gasteiger partial charge in [-0.1, -0.05) is 59.9 Å². The average molecular weight is 539 g/mol. The van der Waals surface area contributed by atoms with Crippen LogP contribution < -0.4 is 24.4 Å². The van der Waals surface area contributed by atoms with Crippen molar-refractivity contribution in [2.45, 2.75) is 18.9 Å². The molecule has 0 fully saturated rings. The lowest BCUT2D eigenvalue weighted by atomic mass is 9.83. The van der Waals surface area contributed by atoms with Crippen molar-refractivity contribution >= 4 is 29.1 Å². The number of methoxy groups -OCH3 is 2. The van der Waals surface area contributed by atoms with Gasteiger partial charge in [0.1, 0.15) is 11.5 Å². The summed E-state index contributed by atoms with van der Waals surface area (Å²) in [6.45, 7) is -0.185.